The van der Waals surface area contributed by atoms with E-state index in [1.54, 1.807) is 12.1 Å². The summed E-state index contributed by atoms with van der Waals surface area (Å²) in [4.78, 5) is 28.4. The Labute approximate surface area is 202 Å². The van der Waals surface area contributed by atoms with E-state index in [0.717, 1.165) is 17.3 Å². The first-order valence-corrected chi connectivity index (χ1v) is 13.2. The molecule has 2 heterocycles. The molecule has 0 unspecified atom stereocenters. The lowest BCUT2D eigenvalue weighted by molar-refractivity contribution is -0.103. The second-order valence-electron chi connectivity index (χ2n) is 8.45. The summed E-state index contributed by atoms with van der Waals surface area (Å²) in [5, 5.41) is 0. The Bertz CT molecular complexity index is 1170. The molecule has 4 atom stereocenters. The quantitative estimate of drug-likeness (QED) is 0.457. The third-order valence-electron chi connectivity index (χ3n) is 4.85. The molecule has 34 heavy (non-hydrogen) atoms. The lowest BCUT2D eigenvalue weighted by atomic mass is 10.1. The van der Waals surface area contributed by atoms with Crippen LogP contribution in [-0.2, 0) is 28.5 Å². The Morgan fingerprint density at radius 1 is 1.03 bits per heavy atom. The predicted octanol–water partition coefficient (Wildman–Crippen LogP) is 2.18. The number of H-pyrrole nitrogens is 2. The van der Waals surface area contributed by atoms with Gasteiger partial charge in [0.05, 0.1) is 28.6 Å². The molecule has 0 saturated carbocycles. The molecule has 2 aromatic rings. The van der Waals surface area contributed by atoms with Crippen LogP contribution in [0.2, 0.25) is 0 Å². The Hall–Kier alpha value is -1.96. The fraction of sp³-hybridized carbons (Fsp3) is 0.545. The van der Waals surface area contributed by atoms with E-state index >= 15 is 0 Å². The number of thioether (sulfide) groups is 1. The molecule has 1 aliphatic rings. The summed E-state index contributed by atoms with van der Waals surface area (Å²) >= 11 is 1.06. The highest BCUT2D eigenvalue weighted by atomic mass is 32.2. The fourth-order valence-electron chi connectivity index (χ4n) is 3.40. The Morgan fingerprint density at radius 3 is 2.24 bits per heavy atom. The Balaban J connectivity index is 1.84. The van der Waals surface area contributed by atoms with Gasteiger partial charge in [-0.25, -0.2) is 4.79 Å². The van der Waals surface area contributed by atoms with E-state index in [4.69, 9.17) is 18.4 Å². The first kappa shape index (κ1) is 26.6. The first-order chi connectivity index (χ1) is 16.0. The van der Waals surface area contributed by atoms with E-state index in [1.807, 2.05) is 34.6 Å². The van der Waals surface area contributed by atoms with Crippen molar-refractivity contribution in [1.29, 1.82) is 0 Å². The van der Waals surface area contributed by atoms with Crippen LogP contribution in [0.25, 0.3) is 0 Å². The maximum atomic E-state index is 12.7. The molecule has 0 amide bonds. The van der Waals surface area contributed by atoms with Crippen molar-refractivity contribution >= 4 is 21.9 Å². The summed E-state index contributed by atoms with van der Waals surface area (Å²) in [5.41, 5.74) is -0.975. The van der Waals surface area contributed by atoms with E-state index in [1.165, 1.54) is 18.3 Å². The molecule has 12 heteroatoms. The summed E-state index contributed by atoms with van der Waals surface area (Å²) in [5.74, 6) is 0. The van der Waals surface area contributed by atoms with Gasteiger partial charge in [0.2, 0.25) is 0 Å². The van der Waals surface area contributed by atoms with Crippen LogP contribution in [0.4, 0.5) is 0 Å². The number of aromatic amines is 2. The molecule has 1 aliphatic heterocycles. The minimum absolute atomic E-state index is 0.0399. The van der Waals surface area contributed by atoms with Crippen LogP contribution in [-0.4, -0.2) is 60.9 Å². The van der Waals surface area contributed by atoms with Crippen LogP contribution in [0.3, 0.4) is 0 Å². The van der Waals surface area contributed by atoms with Gasteiger partial charge in [0.15, 0.2) is 0 Å². The van der Waals surface area contributed by atoms with Gasteiger partial charge in [-0.15, -0.1) is 0 Å². The number of ether oxygens (including phenoxy) is 3. The zero-order chi connectivity index (χ0) is 25.0. The molecule has 10 nitrogen and oxygen atoms in total. The summed E-state index contributed by atoms with van der Waals surface area (Å²) < 4.78 is 49.0. The van der Waals surface area contributed by atoms with Crippen LogP contribution in [0.15, 0.2) is 49.8 Å². The van der Waals surface area contributed by atoms with E-state index in [-0.39, 0.29) is 28.6 Å². The molecule has 188 valence electrons. The summed E-state index contributed by atoms with van der Waals surface area (Å²) in [6.45, 7) is 8.96. The summed E-state index contributed by atoms with van der Waals surface area (Å²) in [6.07, 6.45) is -1.18. The number of nitrogens with one attached hydrogen (secondary N) is 2. The molecule has 1 aromatic heterocycles. The number of benzene rings is 1. The molecule has 1 aromatic carbocycles. The zero-order valence-corrected chi connectivity index (χ0v) is 21.3. The monoisotopic (exact) mass is 514 g/mol. The number of aromatic nitrogens is 2. The van der Waals surface area contributed by atoms with Gasteiger partial charge < -0.3 is 19.2 Å². The molecule has 2 N–H and O–H groups in total. The second kappa shape index (κ2) is 11.2. The topological polar surface area (TPSA) is 137 Å². The zero-order valence-electron chi connectivity index (χ0n) is 19.6. The van der Waals surface area contributed by atoms with Crippen molar-refractivity contribution in [3.05, 3.63) is 56.9 Å². The minimum Gasteiger partial charge on any atom is -0.370 e. The lowest BCUT2D eigenvalue weighted by Gasteiger charge is -2.27. The molecular formula is C22H30N2O8S2. The van der Waals surface area contributed by atoms with Crippen molar-refractivity contribution in [3.8, 4) is 0 Å². The van der Waals surface area contributed by atoms with Gasteiger partial charge in [-0.3, -0.25) is 14.0 Å². The largest absolute Gasteiger partial charge is 0.370 e. The number of rotatable bonds is 10. The Morgan fingerprint density at radius 2 is 1.65 bits per heavy atom. The SMILES string of the molecule is Cc1ccc(S(=O)(=O)OC[C@H]2O[C@@H](Sc3c[nH]c(=O)[nH]c3=O)[C@H](OC(C)C)[C@@H]2OC(C)C)cc1. The highest BCUT2D eigenvalue weighted by Gasteiger charge is 2.48. The highest BCUT2D eigenvalue weighted by Crippen LogP contribution is 2.37. The average molecular weight is 515 g/mol. The fourth-order valence-corrected chi connectivity index (χ4v) is 5.40. The highest BCUT2D eigenvalue weighted by molar-refractivity contribution is 7.99. The van der Waals surface area contributed by atoms with Gasteiger partial charge in [-0.2, -0.15) is 8.42 Å². The van der Waals surface area contributed by atoms with Crippen molar-refractivity contribution in [2.75, 3.05) is 6.61 Å². The number of hydrogen-bond acceptors (Lipinski definition) is 9. The molecule has 1 fully saturated rings. The average Bonchev–Trinajstić information content (AvgIpc) is 3.04. The molecule has 3 rings (SSSR count). The van der Waals surface area contributed by atoms with Gasteiger partial charge in [-0.05, 0) is 46.8 Å². The van der Waals surface area contributed by atoms with Crippen LogP contribution in [0.1, 0.15) is 33.3 Å². The smallest absolute Gasteiger partial charge is 0.325 e. The van der Waals surface area contributed by atoms with Gasteiger partial charge in [0.25, 0.3) is 15.7 Å². The van der Waals surface area contributed by atoms with Crippen LogP contribution in [0, 0.1) is 6.92 Å². The van der Waals surface area contributed by atoms with Gasteiger partial charge >= 0.3 is 5.69 Å². The third-order valence-corrected chi connectivity index (χ3v) is 7.32. The first-order valence-electron chi connectivity index (χ1n) is 10.9. The van der Waals surface area contributed by atoms with Crippen LogP contribution in [0.5, 0.6) is 0 Å². The summed E-state index contributed by atoms with van der Waals surface area (Å²) in [7, 11) is -4.02. The molecule has 0 spiro atoms. The maximum Gasteiger partial charge on any atom is 0.325 e. The van der Waals surface area contributed by atoms with E-state index in [0.29, 0.717) is 0 Å². The predicted molar refractivity (Wildman–Crippen MR) is 127 cm³/mol. The molecular weight excluding hydrogens is 484 g/mol. The van der Waals surface area contributed by atoms with E-state index in [2.05, 4.69) is 9.97 Å². The second-order valence-corrected chi connectivity index (χ2v) is 11.2. The molecule has 0 radical (unpaired) electrons. The van der Waals surface area contributed by atoms with Crippen molar-refractivity contribution < 1.29 is 26.8 Å². The molecule has 0 bridgehead atoms. The van der Waals surface area contributed by atoms with Gasteiger partial charge in [0.1, 0.15) is 23.7 Å². The third kappa shape index (κ3) is 6.80. The van der Waals surface area contributed by atoms with Crippen LogP contribution >= 0.6 is 11.8 Å². The van der Waals surface area contributed by atoms with Gasteiger partial charge in [0, 0.05) is 6.20 Å². The van der Waals surface area contributed by atoms with Crippen molar-refractivity contribution in [2.45, 2.75) is 80.4 Å². The Kier molecular flexibility index (Phi) is 8.77. The lowest BCUT2D eigenvalue weighted by Crippen LogP contribution is -2.41. The normalized spacial score (nSPS) is 23.1. The van der Waals surface area contributed by atoms with E-state index in [9.17, 15) is 18.0 Å². The van der Waals surface area contributed by atoms with E-state index < -0.39 is 45.1 Å². The minimum atomic E-state index is -4.02. The molecule has 1 saturated heterocycles. The van der Waals surface area contributed by atoms with Crippen molar-refractivity contribution in [2.24, 2.45) is 0 Å². The summed E-state index contributed by atoms with van der Waals surface area (Å²) in [6, 6.07) is 6.34. The van der Waals surface area contributed by atoms with Crippen LogP contribution < -0.4 is 11.2 Å². The maximum absolute atomic E-state index is 12.7. The van der Waals surface area contributed by atoms with Crippen molar-refractivity contribution in [1.82, 2.24) is 9.97 Å². The van der Waals surface area contributed by atoms with Gasteiger partial charge in [-0.1, -0.05) is 29.5 Å². The number of aryl methyl sites for hydroxylation is 1. The standard InChI is InChI=1S/C22H30N2O8S2/c1-12(2)30-18-16(11-29-34(27,28)15-8-6-14(5)7-9-15)32-21(19(18)31-13(3)4)33-17-10-23-22(26)24-20(17)25/h6-10,12-13,16,18-19,21H,11H2,1-5H3,(H2,23,24,25,26)/t16-,18-,19-,21+/m1/s1. The van der Waals surface area contributed by atoms with Crippen molar-refractivity contribution in [3.63, 3.8) is 0 Å². The number of hydrogen-bond donors (Lipinski definition) is 2. The molecule has 0 aliphatic carbocycles.